The second kappa shape index (κ2) is 10.1. The van der Waals surface area contributed by atoms with Gasteiger partial charge in [0.1, 0.15) is 23.6 Å². The first-order valence-corrected chi connectivity index (χ1v) is 10.4. The molecule has 0 heterocycles. The van der Waals surface area contributed by atoms with Crippen molar-refractivity contribution in [2.24, 2.45) is 23.7 Å². The molecule has 0 saturated carbocycles. The number of rotatable bonds is 6. The van der Waals surface area contributed by atoms with Crippen LogP contribution in [-0.2, 0) is 0 Å². The molecule has 1 atom stereocenters. The average molecular weight is 418 g/mol. The van der Waals surface area contributed by atoms with E-state index >= 15 is 0 Å². The minimum absolute atomic E-state index is 0.115. The van der Waals surface area contributed by atoms with E-state index in [0.29, 0.717) is 0 Å². The van der Waals surface area contributed by atoms with E-state index in [0.717, 1.165) is 16.8 Å². The number of hydrogen-bond acceptors (Lipinski definition) is 5. The van der Waals surface area contributed by atoms with Crippen molar-refractivity contribution in [1.82, 2.24) is 0 Å². The Morgan fingerprint density at radius 1 is 0.781 bits per heavy atom. The molecule has 0 aliphatic heterocycles. The predicted octanol–water partition coefficient (Wildman–Crippen LogP) is 4.94. The summed E-state index contributed by atoms with van der Waals surface area (Å²) < 4.78 is 0. The van der Waals surface area contributed by atoms with Gasteiger partial charge in [-0.25, -0.2) is 0 Å². The third-order valence-electron chi connectivity index (χ3n) is 5.88. The molecule has 0 radical (unpaired) electrons. The van der Waals surface area contributed by atoms with E-state index in [1.165, 1.54) is 0 Å². The van der Waals surface area contributed by atoms with Crippen molar-refractivity contribution in [3.8, 4) is 24.3 Å². The number of nitrogens with zero attached hydrogens (tertiary/aromatic N) is 5. The van der Waals surface area contributed by atoms with Crippen LogP contribution < -0.4 is 4.90 Å². The second-order valence-corrected chi connectivity index (χ2v) is 7.97. The first-order chi connectivity index (χ1) is 15.5. The Kier molecular flexibility index (Phi) is 7.08. The van der Waals surface area contributed by atoms with Crippen LogP contribution >= 0.6 is 0 Å². The third kappa shape index (κ3) is 4.54. The van der Waals surface area contributed by atoms with Crippen LogP contribution in [0.15, 0.2) is 84.0 Å². The first-order valence-electron chi connectivity index (χ1n) is 10.4. The molecule has 0 bridgehead atoms. The normalized spacial score (nSPS) is 19.6. The number of allylic oxidation sites excluding steroid dienone is 10. The Hall–Kier alpha value is -4.32. The van der Waals surface area contributed by atoms with Crippen molar-refractivity contribution in [2.75, 3.05) is 19.0 Å². The highest BCUT2D eigenvalue weighted by atomic mass is 15.1. The van der Waals surface area contributed by atoms with Crippen LogP contribution in [0.5, 0.6) is 0 Å². The smallest absolute Gasteiger partial charge is 0.143 e. The summed E-state index contributed by atoms with van der Waals surface area (Å²) in [6, 6.07) is 16.4. The van der Waals surface area contributed by atoms with Gasteiger partial charge in [-0.2, -0.15) is 21.0 Å². The molecule has 0 fully saturated rings. The van der Waals surface area contributed by atoms with Gasteiger partial charge in [0, 0.05) is 43.5 Å². The van der Waals surface area contributed by atoms with Crippen LogP contribution in [0.3, 0.4) is 0 Å². The van der Waals surface area contributed by atoms with E-state index in [1.807, 2.05) is 104 Å². The molecule has 0 amide bonds. The van der Waals surface area contributed by atoms with Crippen molar-refractivity contribution < 1.29 is 0 Å². The zero-order valence-electron chi connectivity index (χ0n) is 18.1. The number of benzene rings is 1. The molecule has 0 spiro atoms. The fraction of sp³-hybridized carbons (Fsp3) is 0.259. The Bertz CT molecular complexity index is 1110. The first kappa shape index (κ1) is 22.4. The molecule has 2 aliphatic rings. The minimum atomic E-state index is -0.745. The van der Waals surface area contributed by atoms with Gasteiger partial charge in [-0.15, -0.1) is 0 Å². The van der Waals surface area contributed by atoms with Crippen molar-refractivity contribution in [1.29, 1.82) is 21.0 Å². The van der Waals surface area contributed by atoms with Gasteiger partial charge >= 0.3 is 0 Å². The summed E-state index contributed by atoms with van der Waals surface area (Å²) in [4.78, 5) is 2.02. The molecular weight excluding hydrogens is 394 g/mol. The topological polar surface area (TPSA) is 98.4 Å². The van der Waals surface area contributed by atoms with Crippen molar-refractivity contribution in [3.63, 3.8) is 0 Å². The zero-order chi connectivity index (χ0) is 23.1. The van der Waals surface area contributed by atoms with Gasteiger partial charge in [0.2, 0.25) is 0 Å². The summed E-state index contributed by atoms with van der Waals surface area (Å²) in [5.41, 5.74) is 2.92. The molecule has 2 aliphatic carbocycles. The van der Waals surface area contributed by atoms with Gasteiger partial charge in [0.05, 0.1) is 12.1 Å². The Balaban J connectivity index is 2.12. The fourth-order valence-electron chi connectivity index (χ4n) is 4.20. The molecule has 0 aromatic heterocycles. The zero-order valence-corrected chi connectivity index (χ0v) is 18.1. The van der Waals surface area contributed by atoms with Crippen molar-refractivity contribution in [2.45, 2.75) is 5.92 Å². The molecule has 0 N–H and O–H groups in total. The average Bonchev–Trinajstić information content (AvgIpc) is 3.35. The molecule has 32 heavy (non-hydrogen) atoms. The maximum Gasteiger partial charge on any atom is 0.143 e. The van der Waals surface area contributed by atoms with Crippen molar-refractivity contribution in [3.05, 3.63) is 89.6 Å². The molecular formula is C27H23N5. The highest BCUT2D eigenvalue weighted by Gasteiger charge is 2.32. The number of anilines is 1. The number of hydrogen-bond donors (Lipinski definition) is 0. The van der Waals surface area contributed by atoms with Gasteiger partial charge in [-0.3, -0.25) is 0 Å². The van der Waals surface area contributed by atoms with Crippen LogP contribution in [0.25, 0.3) is 0 Å². The third-order valence-corrected chi connectivity index (χ3v) is 5.88. The summed E-state index contributed by atoms with van der Waals surface area (Å²) in [5.74, 6) is -1.53. The number of nitriles is 4. The van der Waals surface area contributed by atoms with Gasteiger partial charge < -0.3 is 4.90 Å². The van der Waals surface area contributed by atoms with Gasteiger partial charge in [-0.1, -0.05) is 60.7 Å². The molecule has 1 unspecified atom stereocenters. The Morgan fingerprint density at radius 2 is 1.31 bits per heavy atom. The van der Waals surface area contributed by atoms with Gasteiger partial charge in [0.15, 0.2) is 0 Å². The Labute approximate surface area is 189 Å². The van der Waals surface area contributed by atoms with Crippen molar-refractivity contribution >= 4 is 5.69 Å². The lowest BCUT2D eigenvalue weighted by Crippen LogP contribution is -2.20. The van der Waals surface area contributed by atoms with Crippen LogP contribution in [0.4, 0.5) is 5.69 Å². The summed E-state index contributed by atoms with van der Waals surface area (Å²) in [6.07, 6.45) is 15.6. The molecule has 0 saturated heterocycles. The standard InChI is InChI=1S/C27H23N5/c1-32(2)25-13-11-22(12-14-25)26(21-9-7-19(8-10-21)23(15-28)16-29)27(24(17-30)18-31)20-5-3-4-6-20/h3-14,19-21,23,26H,1-2H3. The predicted molar refractivity (Wildman–Crippen MR) is 124 cm³/mol. The molecule has 5 nitrogen and oxygen atoms in total. The van der Waals surface area contributed by atoms with Gasteiger partial charge in [-0.05, 0) is 23.3 Å². The maximum absolute atomic E-state index is 9.75. The maximum atomic E-state index is 9.75. The monoisotopic (exact) mass is 417 g/mol. The lowest BCUT2D eigenvalue weighted by Gasteiger charge is -2.31. The quantitative estimate of drug-likeness (QED) is 0.482. The highest BCUT2D eigenvalue weighted by molar-refractivity contribution is 5.54. The molecule has 5 heteroatoms. The molecule has 156 valence electrons. The van der Waals surface area contributed by atoms with E-state index in [4.69, 9.17) is 0 Å². The minimum Gasteiger partial charge on any atom is -0.378 e. The summed E-state index contributed by atoms with van der Waals surface area (Å²) in [7, 11) is 3.95. The largest absolute Gasteiger partial charge is 0.378 e. The second-order valence-electron chi connectivity index (χ2n) is 7.97. The molecule has 1 aromatic carbocycles. The van der Waals surface area contributed by atoms with Crippen LogP contribution in [-0.4, -0.2) is 14.1 Å². The molecule has 3 rings (SSSR count). The molecule has 1 aromatic rings. The fourth-order valence-corrected chi connectivity index (χ4v) is 4.20. The lowest BCUT2D eigenvalue weighted by atomic mass is 9.72. The Morgan fingerprint density at radius 3 is 1.78 bits per heavy atom. The van der Waals surface area contributed by atoms with Crippen LogP contribution in [0, 0.1) is 69.0 Å². The lowest BCUT2D eigenvalue weighted by molar-refractivity contribution is 0.596. The van der Waals surface area contributed by atoms with E-state index in [2.05, 4.69) is 12.1 Å². The van der Waals surface area contributed by atoms with Crippen LogP contribution in [0.2, 0.25) is 0 Å². The van der Waals surface area contributed by atoms with Gasteiger partial charge in [0.25, 0.3) is 0 Å². The summed E-state index contributed by atoms with van der Waals surface area (Å²) >= 11 is 0. The van der Waals surface area contributed by atoms with E-state index in [1.54, 1.807) is 0 Å². The van der Waals surface area contributed by atoms with E-state index in [-0.39, 0.29) is 29.2 Å². The highest BCUT2D eigenvalue weighted by Crippen LogP contribution is 2.43. The summed E-state index contributed by atoms with van der Waals surface area (Å²) in [6.45, 7) is 0. The van der Waals surface area contributed by atoms with E-state index < -0.39 is 5.92 Å². The van der Waals surface area contributed by atoms with E-state index in [9.17, 15) is 21.0 Å². The SMILES string of the molecule is CN(C)c1ccc(C(C(=C(C#N)C#N)C2C=CC=C2)C2C=CC(C(C#N)C#N)C=C2)cc1. The summed E-state index contributed by atoms with van der Waals surface area (Å²) in [5, 5.41) is 38.0. The van der Waals surface area contributed by atoms with Crippen LogP contribution in [0.1, 0.15) is 11.5 Å².